The zero-order valence-electron chi connectivity index (χ0n) is 15.0. The fourth-order valence-corrected chi connectivity index (χ4v) is 3.23. The van der Waals surface area contributed by atoms with Crippen LogP contribution in [-0.4, -0.2) is 19.9 Å². The minimum atomic E-state index is -0.553. The van der Waals surface area contributed by atoms with E-state index < -0.39 is 11.6 Å². The van der Waals surface area contributed by atoms with E-state index in [0.29, 0.717) is 28.2 Å². The van der Waals surface area contributed by atoms with Gasteiger partial charge in [0.1, 0.15) is 23.0 Å². The molecule has 0 bridgehead atoms. The Morgan fingerprint density at radius 3 is 2.72 bits per heavy atom. The number of rotatable bonds is 3. The summed E-state index contributed by atoms with van der Waals surface area (Å²) in [5.41, 5.74) is 2.12. The summed E-state index contributed by atoms with van der Waals surface area (Å²) in [6, 6.07) is 12.2. The van der Waals surface area contributed by atoms with Crippen molar-refractivity contribution in [2.45, 2.75) is 0 Å². The second-order valence-electron chi connectivity index (χ2n) is 6.43. The molecule has 0 fully saturated rings. The average Bonchev–Trinajstić information content (AvgIpc) is 2.75. The molecule has 0 radical (unpaired) electrons. The summed E-state index contributed by atoms with van der Waals surface area (Å²) in [5, 5.41) is 5.08. The van der Waals surface area contributed by atoms with Gasteiger partial charge in [-0.05, 0) is 48.5 Å². The van der Waals surface area contributed by atoms with Crippen molar-refractivity contribution in [3.05, 3.63) is 85.0 Å². The number of anilines is 2. The Morgan fingerprint density at radius 1 is 0.862 bits per heavy atom. The molecule has 0 saturated carbocycles. The van der Waals surface area contributed by atoms with E-state index in [0.717, 1.165) is 29.0 Å². The molecule has 140 valence electrons. The third-order valence-electron chi connectivity index (χ3n) is 4.59. The fourth-order valence-electron chi connectivity index (χ4n) is 3.23. The molecule has 0 aliphatic carbocycles. The van der Waals surface area contributed by atoms with Crippen LogP contribution in [0.2, 0.25) is 0 Å². The Hall–Kier alpha value is -4.00. The lowest BCUT2D eigenvalue weighted by Gasteiger charge is -2.13. The van der Waals surface area contributed by atoms with Crippen LogP contribution in [0.15, 0.2) is 73.3 Å². The lowest BCUT2D eigenvalue weighted by atomic mass is 10.1. The van der Waals surface area contributed by atoms with Crippen molar-refractivity contribution in [1.29, 1.82) is 0 Å². The van der Waals surface area contributed by atoms with E-state index >= 15 is 0 Å². The minimum Gasteiger partial charge on any atom is -0.338 e. The highest BCUT2D eigenvalue weighted by Crippen LogP contribution is 2.32. The van der Waals surface area contributed by atoms with Crippen LogP contribution in [0.1, 0.15) is 0 Å². The molecule has 7 heteroatoms. The number of benzene rings is 1. The first kappa shape index (κ1) is 17.1. The molecule has 4 aromatic heterocycles. The van der Waals surface area contributed by atoms with Gasteiger partial charge in [0, 0.05) is 41.1 Å². The highest BCUT2D eigenvalue weighted by Gasteiger charge is 2.14. The predicted octanol–water partition coefficient (Wildman–Crippen LogP) is 5.26. The standard InChI is InChI=1S/C22H13F2N5/c23-14-3-4-17(24)16(10-14)19-11-20(21-18(28-19)2-1-7-26-21)29-22-15-6-8-25-12-13(15)5-9-27-22/h1-12H,(H,27,28,29). The summed E-state index contributed by atoms with van der Waals surface area (Å²) in [6.45, 7) is 0. The number of fused-ring (bicyclic) bond motifs is 2. The van der Waals surface area contributed by atoms with Crippen LogP contribution in [0.25, 0.3) is 33.1 Å². The number of pyridine rings is 4. The van der Waals surface area contributed by atoms with Gasteiger partial charge >= 0.3 is 0 Å². The molecule has 1 N–H and O–H groups in total. The third kappa shape index (κ3) is 3.12. The first-order chi connectivity index (χ1) is 14.2. The van der Waals surface area contributed by atoms with E-state index in [9.17, 15) is 8.78 Å². The number of halogens is 2. The number of nitrogens with zero attached hydrogens (tertiary/aromatic N) is 4. The monoisotopic (exact) mass is 385 g/mol. The zero-order chi connectivity index (χ0) is 19.8. The minimum absolute atomic E-state index is 0.0777. The lowest BCUT2D eigenvalue weighted by Crippen LogP contribution is -1.99. The Morgan fingerprint density at radius 2 is 1.79 bits per heavy atom. The normalized spacial score (nSPS) is 11.1. The maximum atomic E-state index is 14.4. The molecular formula is C22H13F2N5. The molecule has 0 aliphatic heterocycles. The highest BCUT2D eigenvalue weighted by molar-refractivity contribution is 5.97. The van der Waals surface area contributed by atoms with Crippen molar-refractivity contribution >= 4 is 33.3 Å². The Balaban J connectivity index is 1.71. The van der Waals surface area contributed by atoms with Crippen LogP contribution in [0, 0.1) is 11.6 Å². The maximum Gasteiger partial charge on any atom is 0.138 e. The van der Waals surface area contributed by atoms with Gasteiger partial charge in [-0.2, -0.15) is 0 Å². The SMILES string of the molecule is Fc1ccc(F)c(-c2cc(Nc3nccc4cnccc34)c3ncccc3n2)c1. The third-order valence-corrected chi connectivity index (χ3v) is 4.59. The molecule has 29 heavy (non-hydrogen) atoms. The summed E-state index contributed by atoms with van der Waals surface area (Å²) in [5.74, 6) is -0.483. The average molecular weight is 385 g/mol. The van der Waals surface area contributed by atoms with Gasteiger partial charge in [-0.3, -0.25) is 9.97 Å². The largest absolute Gasteiger partial charge is 0.338 e. The van der Waals surface area contributed by atoms with Crippen molar-refractivity contribution < 1.29 is 8.78 Å². The van der Waals surface area contributed by atoms with Gasteiger partial charge in [-0.25, -0.2) is 18.7 Å². The van der Waals surface area contributed by atoms with Gasteiger partial charge in [0.2, 0.25) is 0 Å². The molecule has 0 saturated heterocycles. The van der Waals surface area contributed by atoms with E-state index in [1.54, 1.807) is 43.0 Å². The molecule has 1 aromatic carbocycles. The van der Waals surface area contributed by atoms with E-state index in [1.165, 1.54) is 0 Å². The summed E-state index contributed by atoms with van der Waals surface area (Å²) < 4.78 is 28.1. The Labute approximate surface area is 164 Å². The van der Waals surface area contributed by atoms with Crippen molar-refractivity contribution in [2.24, 2.45) is 0 Å². The zero-order valence-corrected chi connectivity index (χ0v) is 15.0. The van der Waals surface area contributed by atoms with Crippen LogP contribution in [0.4, 0.5) is 20.3 Å². The first-order valence-electron chi connectivity index (χ1n) is 8.86. The highest BCUT2D eigenvalue weighted by atomic mass is 19.1. The summed E-state index contributed by atoms with van der Waals surface area (Å²) in [4.78, 5) is 17.4. The van der Waals surface area contributed by atoms with E-state index in [1.807, 2.05) is 12.1 Å². The van der Waals surface area contributed by atoms with E-state index in [2.05, 4.69) is 25.3 Å². The van der Waals surface area contributed by atoms with Crippen LogP contribution >= 0.6 is 0 Å². The smallest absolute Gasteiger partial charge is 0.138 e. The van der Waals surface area contributed by atoms with Crippen molar-refractivity contribution in [2.75, 3.05) is 5.32 Å². The molecular weight excluding hydrogens is 372 g/mol. The molecule has 5 rings (SSSR count). The van der Waals surface area contributed by atoms with Gasteiger partial charge in [0.25, 0.3) is 0 Å². The second-order valence-corrected chi connectivity index (χ2v) is 6.43. The van der Waals surface area contributed by atoms with Gasteiger partial charge < -0.3 is 5.32 Å². The summed E-state index contributed by atoms with van der Waals surface area (Å²) in [7, 11) is 0. The topological polar surface area (TPSA) is 63.6 Å². The second kappa shape index (κ2) is 6.87. The van der Waals surface area contributed by atoms with E-state index in [4.69, 9.17) is 0 Å². The molecule has 5 aromatic rings. The summed E-state index contributed by atoms with van der Waals surface area (Å²) in [6.07, 6.45) is 6.76. The molecule has 5 nitrogen and oxygen atoms in total. The van der Waals surface area contributed by atoms with Crippen LogP contribution < -0.4 is 5.32 Å². The van der Waals surface area contributed by atoms with E-state index in [-0.39, 0.29) is 5.56 Å². The van der Waals surface area contributed by atoms with Gasteiger partial charge in [-0.15, -0.1) is 0 Å². The maximum absolute atomic E-state index is 14.4. The van der Waals surface area contributed by atoms with Gasteiger partial charge in [-0.1, -0.05) is 0 Å². The van der Waals surface area contributed by atoms with Crippen LogP contribution in [0.5, 0.6) is 0 Å². The van der Waals surface area contributed by atoms with Crippen LogP contribution in [-0.2, 0) is 0 Å². The van der Waals surface area contributed by atoms with Crippen LogP contribution in [0.3, 0.4) is 0 Å². The summed E-state index contributed by atoms with van der Waals surface area (Å²) >= 11 is 0. The Bertz CT molecular complexity index is 1370. The molecule has 0 aliphatic rings. The number of aromatic nitrogens is 4. The number of hydrogen-bond acceptors (Lipinski definition) is 5. The molecule has 4 heterocycles. The van der Waals surface area contributed by atoms with Crippen molar-refractivity contribution in [1.82, 2.24) is 19.9 Å². The quantitative estimate of drug-likeness (QED) is 0.459. The van der Waals surface area contributed by atoms with Gasteiger partial charge in [0.15, 0.2) is 0 Å². The molecule has 0 spiro atoms. The molecule has 0 amide bonds. The predicted molar refractivity (Wildman–Crippen MR) is 108 cm³/mol. The number of nitrogens with one attached hydrogen (secondary N) is 1. The fraction of sp³-hybridized carbons (Fsp3) is 0. The Kier molecular flexibility index (Phi) is 4.05. The lowest BCUT2D eigenvalue weighted by molar-refractivity contribution is 0.602. The molecule has 0 unspecified atom stereocenters. The van der Waals surface area contributed by atoms with Gasteiger partial charge in [0.05, 0.1) is 16.9 Å². The van der Waals surface area contributed by atoms with Crippen molar-refractivity contribution in [3.8, 4) is 11.3 Å². The number of hydrogen-bond donors (Lipinski definition) is 1. The molecule has 0 atom stereocenters. The first-order valence-corrected chi connectivity index (χ1v) is 8.86. The van der Waals surface area contributed by atoms with Crippen molar-refractivity contribution in [3.63, 3.8) is 0 Å².